The van der Waals surface area contributed by atoms with Gasteiger partial charge in [-0.3, -0.25) is 4.68 Å². The van der Waals surface area contributed by atoms with E-state index in [1.54, 1.807) is 0 Å². The molecule has 2 N–H and O–H groups in total. The fraction of sp³-hybridized carbons (Fsp3) is 0.438. The maximum absolute atomic E-state index is 6.57. The Morgan fingerprint density at radius 2 is 1.90 bits per heavy atom. The summed E-state index contributed by atoms with van der Waals surface area (Å²) in [6.45, 7) is 5.97. The van der Waals surface area contributed by atoms with Gasteiger partial charge in [0.15, 0.2) is 0 Å². The zero-order chi connectivity index (χ0) is 15.6. The second kappa shape index (κ2) is 6.73. The van der Waals surface area contributed by atoms with Gasteiger partial charge in [-0.15, -0.1) is 0 Å². The van der Waals surface area contributed by atoms with Gasteiger partial charge in [0, 0.05) is 6.54 Å². The van der Waals surface area contributed by atoms with E-state index in [0.29, 0.717) is 0 Å². The number of aromatic nitrogens is 2. The van der Waals surface area contributed by atoms with E-state index in [4.69, 9.17) is 5.73 Å². The highest BCUT2D eigenvalue weighted by atomic mass is 79.9. The van der Waals surface area contributed by atoms with Crippen molar-refractivity contribution in [3.63, 3.8) is 0 Å². The summed E-state index contributed by atoms with van der Waals surface area (Å²) < 4.78 is 2.97. The second-order valence-corrected chi connectivity index (χ2v) is 6.54. The third-order valence-electron chi connectivity index (χ3n) is 3.74. The number of nitrogens with zero attached hydrogens (tertiary/aromatic N) is 3. The van der Waals surface area contributed by atoms with Crippen LogP contribution < -0.4 is 5.73 Å². The van der Waals surface area contributed by atoms with Crippen LogP contribution in [-0.2, 0) is 6.54 Å². The molecule has 0 aliphatic heterocycles. The molecule has 2 rings (SSSR count). The Morgan fingerprint density at radius 3 is 2.48 bits per heavy atom. The lowest BCUT2D eigenvalue weighted by Gasteiger charge is -2.20. The largest absolute Gasteiger partial charge is 0.319 e. The molecule has 0 saturated carbocycles. The molecule has 21 heavy (non-hydrogen) atoms. The van der Waals surface area contributed by atoms with Gasteiger partial charge in [-0.2, -0.15) is 5.10 Å². The van der Waals surface area contributed by atoms with E-state index >= 15 is 0 Å². The van der Waals surface area contributed by atoms with Gasteiger partial charge < -0.3 is 10.6 Å². The molecule has 0 amide bonds. The van der Waals surface area contributed by atoms with Gasteiger partial charge >= 0.3 is 0 Å². The summed E-state index contributed by atoms with van der Waals surface area (Å²) in [6, 6.07) is 6.11. The second-order valence-electron chi connectivity index (χ2n) is 5.69. The quantitative estimate of drug-likeness (QED) is 0.901. The third kappa shape index (κ3) is 3.54. The highest BCUT2D eigenvalue weighted by Gasteiger charge is 2.21. The van der Waals surface area contributed by atoms with Gasteiger partial charge in [0.05, 0.1) is 29.0 Å². The minimum absolute atomic E-state index is 0.176. The van der Waals surface area contributed by atoms with Gasteiger partial charge in [0.25, 0.3) is 0 Å². The molecule has 1 aromatic carbocycles. The van der Waals surface area contributed by atoms with Crippen LogP contribution >= 0.6 is 15.9 Å². The molecule has 1 unspecified atom stereocenters. The zero-order valence-corrected chi connectivity index (χ0v) is 14.7. The smallest absolute Gasteiger partial charge is 0.0739 e. The molecule has 0 fully saturated rings. The Balaban J connectivity index is 2.39. The van der Waals surface area contributed by atoms with Crippen molar-refractivity contribution in [3.8, 4) is 0 Å². The van der Waals surface area contributed by atoms with Crippen LogP contribution in [0.15, 0.2) is 28.9 Å². The first kappa shape index (κ1) is 16.2. The molecule has 1 aromatic heterocycles. The zero-order valence-electron chi connectivity index (χ0n) is 13.1. The molecule has 0 aliphatic rings. The first-order valence-electron chi connectivity index (χ1n) is 7.09. The maximum atomic E-state index is 6.57. The molecule has 2 aromatic rings. The van der Waals surface area contributed by atoms with Gasteiger partial charge in [0.2, 0.25) is 0 Å². The Kier molecular flexibility index (Phi) is 5.19. The molecule has 1 heterocycles. The first-order valence-corrected chi connectivity index (χ1v) is 7.88. The van der Waals surface area contributed by atoms with Crippen LogP contribution in [-0.4, -0.2) is 35.3 Å². The highest BCUT2D eigenvalue weighted by Crippen LogP contribution is 2.30. The summed E-state index contributed by atoms with van der Waals surface area (Å²) in [4.78, 5) is 2.14. The molecule has 0 saturated heterocycles. The van der Waals surface area contributed by atoms with E-state index in [9.17, 15) is 0 Å². The van der Waals surface area contributed by atoms with Crippen molar-refractivity contribution in [2.24, 2.45) is 5.73 Å². The van der Waals surface area contributed by atoms with E-state index in [1.807, 2.05) is 10.9 Å². The number of benzene rings is 1. The van der Waals surface area contributed by atoms with Crippen LogP contribution in [0.25, 0.3) is 0 Å². The summed E-state index contributed by atoms with van der Waals surface area (Å²) in [6.07, 6.45) is 1.83. The average molecular weight is 351 g/mol. The Bertz CT molecular complexity index is 598. The van der Waals surface area contributed by atoms with Crippen LogP contribution in [0, 0.1) is 13.8 Å². The van der Waals surface area contributed by atoms with Crippen LogP contribution in [0.1, 0.15) is 28.4 Å². The molecule has 1 atom stereocenters. The maximum Gasteiger partial charge on any atom is 0.0739 e. The lowest BCUT2D eigenvalue weighted by molar-refractivity contribution is 0.368. The lowest BCUT2D eigenvalue weighted by Crippen LogP contribution is -2.24. The number of hydrogen-bond acceptors (Lipinski definition) is 3. The van der Waals surface area contributed by atoms with Crippen molar-refractivity contribution in [2.45, 2.75) is 26.4 Å². The van der Waals surface area contributed by atoms with Crippen molar-refractivity contribution in [2.75, 3.05) is 20.6 Å². The van der Waals surface area contributed by atoms with Gasteiger partial charge in [0.1, 0.15) is 0 Å². The number of aryl methyl sites for hydroxylation is 2. The number of hydrogen-bond donors (Lipinski definition) is 1. The van der Waals surface area contributed by atoms with E-state index in [2.05, 4.69) is 72.1 Å². The number of rotatable bonds is 5. The normalized spacial score (nSPS) is 12.9. The average Bonchev–Trinajstić information content (AvgIpc) is 2.77. The van der Waals surface area contributed by atoms with Crippen molar-refractivity contribution >= 4 is 15.9 Å². The fourth-order valence-electron chi connectivity index (χ4n) is 2.61. The molecular weight excluding hydrogens is 328 g/mol. The molecule has 0 spiro atoms. The Labute approximate surface area is 135 Å². The predicted molar refractivity (Wildman–Crippen MR) is 90.4 cm³/mol. The summed E-state index contributed by atoms with van der Waals surface area (Å²) in [5.74, 6) is 0. The standard InChI is InChI=1S/C16H23BrN4/c1-11-6-5-7-12(2)14(11)15(18)16-13(17)10-19-21(16)9-8-20(3)4/h5-7,10,15H,8-9,18H2,1-4H3. The summed E-state index contributed by atoms with van der Waals surface area (Å²) in [5, 5.41) is 4.46. The third-order valence-corrected chi connectivity index (χ3v) is 4.35. The molecule has 0 bridgehead atoms. The van der Waals surface area contributed by atoms with Crippen molar-refractivity contribution in [1.82, 2.24) is 14.7 Å². The molecule has 114 valence electrons. The molecular formula is C16H23BrN4. The SMILES string of the molecule is Cc1cccc(C)c1C(N)c1c(Br)cnn1CCN(C)C. The van der Waals surface area contributed by atoms with Crippen molar-refractivity contribution < 1.29 is 0 Å². The minimum Gasteiger partial charge on any atom is -0.319 e. The molecule has 0 aliphatic carbocycles. The van der Waals surface area contributed by atoms with Gasteiger partial charge in [-0.25, -0.2) is 0 Å². The number of likely N-dealkylation sites (N-methyl/N-ethyl adjacent to an activating group) is 1. The number of nitrogens with two attached hydrogens (primary N) is 1. The highest BCUT2D eigenvalue weighted by molar-refractivity contribution is 9.10. The monoisotopic (exact) mass is 350 g/mol. The first-order chi connectivity index (χ1) is 9.91. The Hall–Kier alpha value is -1.17. The van der Waals surface area contributed by atoms with Gasteiger partial charge in [-0.05, 0) is 60.6 Å². The van der Waals surface area contributed by atoms with Crippen molar-refractivity contribution in [3.05, 3.63) is 51.3 Å². The fourth-order valence-corrected chi connectivity index (χ4v) is 3.15. The Morgan fingerprint density at radius 1 is 1.29 bits per heavy atom. The van der Waals surface area contributed by atoms with Crippen LogP contribution in [0.4, 0.5) is 0 Å². The number of halogens is 1. The van der Waals surface area contributed by atoms with Gasteiger partial charge in [-0.1, -0.05) is 18.2 Å². The molecule has 0 radical (unpaired) electrons. The van der Waals surface area contributed by atoms with Crippen LogP contribution in [0.5, 0.6) is 0 Å². The predicted octanol–water partition coefficient (Wildman–Crippen LogP) is 2.87. The van der Waals surface area contributed by atoms with E-state index in [0.717, 1.165) is 23.3 Å². The van der Waals surface area contributed by atoms with Crippen LogP contribution in [0.2, 0.25) is 0 Å². The minimum atomic E-state index is -0.176. The lowest BCUT2D eigenvalue weighted by atomic mass is 9.95. The summed E-state index contributed by atoms with van der Waals surface area (Å²) in [5.41, 5.74) is 11.2. The van der Waals surface area contributed by atoms with E-state index in [1.165, 1.54) is 16.7 Å². The molecule has 5 heteroatoms. The summed E-state index contributed by atoms with van der Waals surface area (Å²) in [7, 11) is 4.12. The van der Waals surface area contributed by atoms with E-state index < -0.39 is 0 Å². The van der Waals surface area contributed by atoms with E-state index in [-0.39, 0.29) is 6.04 Å². The molecule has 4 nitrogen and oxygen atoms in total. The summed E-state index contributed by atoms with van der Waals surface area (Å²) >= 11 is 3.59. The van der Waals surface area contributed by atoms with Crippen molar-refractivity contribution in [1.29, 1.82) is 0 Å². The van der Waals surface area contributed by atoms with Crippen LogP contribution in [0.3, 0.4) is 0 Å². The topological polar surface area (TPSA) is 47.1 Å².